The Morgan fingerprint density at radius 3 is 2.53 bits per heavy atom. The summed E-state index contributed by atoms with van der Waals surface area (Å²) in [6.45, 7) is 0.182. The van der Waals surface area contributed by atoms with Crippen molar-refractivity contribution in [1.29, 1.82) is 0 Å². The zero-order valence-electron chi connectivity index (χ0n) is 10.5. The lowest BCUT2D eigenvalue weighted by molar-refractivity contribution is 0.543. The van der Waals surface area contributed by atoms with Crippen molar-refractivity contribution in [2.45, 2.75) is 11.1 Å². The highest BCUT2D eigenvalue weighted by molar-refractivity contribution is 7.89. The number of nitrogens with one attached hydrogen (secondary N) is 1. The summed E-state index contributed by atoms with van der Waals surface area (Å²) in [6, 6.07) is 10.2. The average Bonchev–Trinajstić information content (AvgIpc) is 2.84. The van der Waals surface area contributed by atoms with Gasteiger partial charge in [0.1, 0.15) is 0 Å². The molecule has 1 atom stereocenters. The van der Waals surface area contributed by atoms with Crippen LogP contribution in [0.15, 0.2) is 47.6 Å². The molecule has 0 aliphatic heterocycles. The van der Waals surface area contributed by atoms with E-state index < -0.39 is 16.1 Å². The number of hydrogen-bond donors (Lipinski definition) is 2. The molecule has 2 aromatic rings. The number of hydrogen-bond acceptors (Lipinski definition) is 4. The van der Waals surface area contributed by atoms with E-state index in [-0.39, 0.29) is 11.6 Å². The standard InChI is InChI=1S/C12H16N4O2S/c1-16-12(7-8-14-16)19(17,18)15-11(9-13)10-5-3-2-4-6-10/h2-8,11,15H,9,13H2,1H3. The maximum Gasteiger partial charge on any atom is 0.258 e. The zero-order chi connectivity index (χ0) is 13.9. The first-order valence-electron chi connectivity index (χ1n) is 5.80. The van der Waals surface area contributed by atoms with Gasteiger partial charge in [-0.2, -0.15) is 5.10 Å². The fraction of sp³-hybridized carbons (Fsp3) is 0.250. The molecular weight excluding hydrogens is 264 g/mol. The van der Waals surface area contributed by atoms with Crippen molar-refractivity contribution in [1.82, 2.24) is 14.5 Å². The van der Waals surface area contributed by atoms with E-state index in [0.29, 0.717) is 0 Å². The van der Waals surface area contributed by atoms with Crippen molar-refractivity contribution in [2.75, 3.05) is 6.54 Å². The molecule has 1 heterocycles. The molecule has 7 heteroatoms. The second-order valence-electron chi connectivity index (χ2n) is 4.11. The summed E-state index contributed by atoms with van der Waals surface area (Å²) in [4.78, 5) is 0. The fourth-order valence-electron chi connectivity index (χ4n) is 1.81. The average molecular weight is 280 g/mol. The zero-order valence-corrected chi connectivity index (χ0v) is 11.3. The van der Waals surface area contributed by atoms with Gasteiger partial charge in [-0.05, 0) is 11.6 Å². The lowest BCUT2D eigenvalue weighted by Crippen LogP contribution is -2.34. The minimum absolute atomic E-state index is 0.113. The monoisotopic (exact) mass is 280 g/mol. The van der Waals surface area contributed by atoms with Gasteiger partial charge in [0, 0.05) is 13.6 Å². The second kappa shape index (κ2) is 5.52. The van der Waals surface area contributed by atoms with Crippen LogP contribution in [0.5, 0.6) is 0 Å². The van der Waals surface area contributed by atoms with Gasteiger partial charge in [-0.25, -0.2) is 13.1 Å². The number of aryl methyl sites for hydroxylation is 1. The Hall–Kier alpha value is -1.70. The highest BCUT2D eigenvalue weighted by Crippen LogP contribution is 2.15. The molecule has 1 unspecified atom stereocenters. The smallest absolute Gasteiger partial charge is 0.258 e. The topological polar surface area (TPSA) is 90.0 Å². The van der Waals surface area contributed by atoms with Crippen LogP contribution >= 0.6 is 0 Å². The first kappa shape index (κ1) is 13.7. The molecule has 0 bridgehead atoms. The van der Waals surface area contributed by atoms with Gasteiger partial charge in [-0.3, -0.25) is 4.68 Å². The van der Waals surface area contributed by atoms with Crippen LogP contribution in [-0.2, 0) is 17.1 Å². The lowest BCUT2D eigenvalue weighted by atomic mass is 10.1. The molecule has 0 saturated carbocycles. The number of sulfonamides is 1. The summed E-state index contributed by atoms with van der Waals surface area (Å²) in [5, 5.41) is 3.97. The molecule has 1 aromatic carbocycles. The summed E-state index contributed by atoms with van der Waals surface area (Å²) in [5.41, 5.74) is 6.48. The van der Waals surface area contributed by atoms with Crippen molar-refractivity contribution >= 4 is 10.0 Å². The van der Waals surface area contributed by atoms with Gasteiger partial charge < -0.3 is 5.73 Å². The number of rotatable bonds is 5. The number of aromatic nitrogens is 2. The Bertz CT molecular complexity index is 637. The van der Waals surface area contributed by atoms with Gasteiger partial charge in [-0.15, -0.1) is 0 Å². The van der Waals surface area contributed by atoms with Gasteiger partial charge in [0.05, 0.1) is 12.2 Å². The number of nitrogens with two attached hydrogens (primary N) is 1. The summed E-state index contributed by atoms with van der Waals surface area (Å²) < 4.78 is 28.4. The third-order valence-corrected chi connectivity index (χ3v) is 4.33. The Kier molecular flexibility index (Phi) is 3.98. The largest absolute Gasteiger partial charge is 0.329 e. The van der Waals surface area contributed by atoms with Crippen molar-refractivity contribution in [3.8, 4) is 0 Å². The van der Waals surface area contributed by atoms with Gasteiger partial charge in [0.2, 0.25) is 0 Å². The van der Waals surface area contributed by atoms with E-state index in [4.69, 9.17) is 5.73 Å². The molecule has 0 spiro atoms. The lowest BCUT2D eigenvalue weighted by Gasteiger charge is -2.17. The molecular formula is C12H16N4O2S. The van der Waals surface area contributed by atoms with Crippen molar-refractivity contribution < 1.29 is 8.42 Å². The van der Waals surface area contributed by atoms with Crippen LogP contribution in [0.3, 0.4) is 0 Å². The Morgan fingerprint density at radius 2 is 2.00 bits per heavy atom. The maximum atomic E-state index is 12.2. The molecule has 1 aromatic heterocycles. The van der Waals surface area contributed by atoms with E-state index in [9.17, 15) is 8.42 Å². The predicted octanol–water partition coefficient (Wildman–Crippen LogP) is 0.398. The molecule has 2 rings (SSSR count). The fourth-order valence-corrected chi connectivity index (χ4v) is 3.17. The first-order valence-corrected chi connectivity index (χ1v) is 7.28. The van der Waals surface area contributed by atoms with Crippen LogP contribution in [0.25, 0.3) is 0 Å². The molecule has 0 aliphatic carbocycles. The molecule has 3 N–H and O–H groups in total. The van der Waals surface area contributed by atoms with Gasteiger partial charge in [0.15, 0.2) is 5.03 Å². The third kappa shape index (κ3) is 3.01. The highest BCUT2D eigenvalue weighted by Gasteiger charge is 2.22. The van der Waals surface area contributed by atoms with E-state index >= 15 is 0 Å². The number of nitrogens with zero attached hydrogens (tertiary/aromatic N) is 2. The van der Waals surface area contributed by atoms with Crippen LogP contribution in [0.1, 0.15) is 11.6 Å². The first-order chi connectivity index (χ1) is 9.04. The van der Waals surface area contributed by atoms with E-state index in [1.807, 2.05) is 30.3 Å². The van der Waals surface area contributed by atoms with Crippen molar-refractivity contribution in [3.05, 3.63) is 48.2 Å². The molecule has 0 aliphatic rings. The molecule has 0 radical (unpaired) electrons. The van der Waals surface area contributed by atoms with Gasteiger partial charge in [0.25, 0.3) is 10.0 Å². The molecule has 0 fully saturated rings. The molecule has 0 saturated heterocycles. The quantitative estimate of drug-likeness (QED) is 0.829. The molecule has 19 heavy (non-hydrogen) atoms. The highest BCUT2D eigenvalue weighted by atomic mass is 32.2. The van der Waals surface area contributed by atoms with Crippen molar-refractivity contribution in [3.63, 3.8) is 0 Å². The third-order valence-electron chi connectivity index (χ3n) is 2.79. The number of benzene rings is 1. The van der Waals surface area contributed by atoms with Gasteiger partial charge >= 0.3 is 0 Å². The normalized spacial score (nSPS) is 13.4. The SMILES string of the molecule is Cn1nccc1S(=O)(=O)NC(CN)c1ccccc1. The minimum Gasteiger partial charge on any atom is -0.329 e. The van der Waals surface area contributed by atoms with Crippen LogP contribution in [-0.4, -0.2) is 24.7 Å². The summed E-state index contributed by atoms with van der Waals surface area (Å²) >= 11 is 0. The molecule has 0 amide bonds. The summed E-state index contributed by atoms with van der Waals surface area (Å²) in [7, 11) is -2.06. The van der Waals surface area contributed by atoms with Crippen LogP contribution in [0, 0.1) is 0 Å². The van der Waals surface area contributed by atoms with E-state index in [1.54, 1.807) is 7.05 Å². The Balaban J connectivity index is 2.27. The summed E-state index contributed by atoms with van der Waals surface area (Å²) in [5.74, 6) is 0. The maximum absolute atomic E-state index is 12.2. The predicted molar refractivity (Wildman–Crippen MR) is 71.8 cm³/mol. The van der Waals surface area contributed by atoms with Gasteiger partial charge in [-0.1, -0.05) is 30.3 Å². The second-order valence-corrected chi connectivity index (χ2v) is 5.77. The van der Waals surface area contributed by atoms with Crippen molar-refractivity contribution in [2.24, 2.45) is 12.8 Å². The van der Waals surface area contributed by atoms with Crippen LogP contribution < -0.4 is 10.5 Å². The Labute approximate surface area is 112 Å². The van der Waals surface area contributed by atoms with Crippen LogP contribution in [0.4, 0.5) is 0 Å². The van der Waals surface area contributed by atoms with E-state index in [0.717, 1.165) is 5.56 Å². The molecule has 102 valence electrons. The van der Waals surface area contributed by atoms with Crippen LogP contribution in [0.2, 0.25) is 0 Å². The summed E-state index contributed by atoms with van der Waals surface area (Å²) in [6.07, 6.45) is 1.44. The van der Waals surface area contributed by atoms with E-state index in [2.05, 4.69) is 9.82 Å². The van der Waals surface area contributed by atoms with E-state index in [1.165, 1.54) is 16.9 Å². The minimum atomic E-state index is -3.64. The Morgan fingerprint density at radius 1 is 1.32 bits per heavy atom. The molecule has 6 nitrogen and oxygen atoms in total.